The van der Waals surface area contributed by atoms with Gasteiger partial charge in [-0.1, -0.05) is 0 Å². The number of nitrogens with two attached hydrogens (primary N) is 1. The standard InChI is InChI=1S/C39H69NO31/c40-2-1-3-60-34-24(55)18(49)29(11(5-42)62-34)68-36-26(57)20(51)31(13(7-44)64-36)70-38-28(59)22(53)33(15(9-46)66-38)71-39-27(58)21(52)32(14(8-45)65-39)69-37-25(56)19(50)30(12(6-43)63-37)67-35-23(54)17(48)16(47)10(4-41)61-35/h10-39,41-59H,1-9,40H2/t10?,11?,12?,13?,14?,15?,16-,17+,18?,19-,20-,21?,22-,23?,24+,25?,26?,27+,28?,29-,30+,31+,32-,33-,34-,35-,36-,37-,38-,39+/m1/s1. The first-order valence-corrected chi connectivity index (χ1v) is 22.8. The SMILES string of the molecule is NCCCO[C@@H]1OC(CO)[C@@H](O[C@H]2OC(CO)[C@H](O[C@H]3OC(CO)[C@@H](O[C@@H]4OC(CO)[C@@H](O[C@H]5OC(CO)[C@H](O[C@H]6OC(CO)[C@@H](O)[C@H](O)C6O)[C@H](O)C5O)C(O)[C@@H]4O)[C@H](O)C3O)[C@H](O)C2O)C(O)[C@@H]1O. The predicted octanol–water partition coefficient (Wildman–Crippen LogP) is -13.7. The van der Waals surface area contributed by atoms with Crippen LogP contribution in [0.15, 0.2) is 0 Å². The summed E-state index contributed by atoms with van der Waals surface area (Å²) in [5, 5.41) is 202. The highest BCUT2D eigenvalue weighted by Gasteiger charge is 2.57. The van der Waals surface area contributed by atoms with Gasteiger partial charge in [-0.3, -0.25) is 0 Å². The van der Waals surface area contributed by atoms with E-state index < -0.39 is 224 Å². The Kier molecular flexibility index (Phi) is 21.7. The zero-order valence-corrected chi connectivity index (χ0v) is 37.7. The molecule has 6 heterocycles. The Morgan fingerprint density at radius 1 is 0.282 bits per heavy atom. The maximum absolute atomic E-state index is 11.3. The minimum Gasteiger partial charge on any atom is -0.394 e. The summed E-state index contributed by atoms with van der Waals surface area (Å²) in [7, 11) is 0. The molecule has 0 aromatic rings. The summed E-state index contributed by atoms with van der Waals surface area (Å²) < 4.78 is 66.9. The molecule has 32 nitrogen and oxygen atoms in total. The van der Waals surface area contributed by atoms with Gasteiger partial charge >= 0.3 is 0 Å². The van der Waals surface area contributed by atoms with Crippen molar-refractivity contribution < 1.29 is 154 Å². The lowest BCUT2D eigenvalue weighted by Crippen LogP contribution is -2.68. The molecule has 71 heavy (non-hydrogen) atoms. The Morgan fingerprint density at radius 3 is 0.761 bits per heavy atom. The van der Waals surface area contributed by atoms with Crippen molar-refractivity contribution in [2.75, 3.05) is 52.8 Å². The summed E-state index contributed by atoms with van der Waals surface area (Å²) in [6.45, 7) is -5.29. The first kappa shape index (κ1) is 59.0. The molecule has 32 heteroatoms. The fourth-order valence-corrected chi connectivity index (χ4v) is 8.93. The van der Waals surface area contributed by atoms with Crippen molar-refractivity contribution in [2.45, 2.75) is 191 Å². The lowest BCUT2D eigenvalue weighted by molar-refractivity contribution is -0.396. The molecule has 6 fully saturated rings. The normalized spacial score (nSPS) is 51.0. The Hall–Kier alpha value is -1.28. The highest BCUT2D eigenvalue weighted by molar-refractivity contribution is 5.00. The predicted molar refractivity (Wildman–Crippen MR) is 217 cm³/mol. The van der Waals surface area contributed by atoms with Crippen LogP contribution < -0.4 is 5.73 Å². The molecule has 0 aromatic heterocycles. The van der Waals surface area contributed by atoms with E-state index in [9.17, 15) is 97.0 Å². The van der Waals surface area contributed by atoms with Crippen molar-refractivity contribution in [1.82, 2.24) is 0 Å². The number of hydrogen-bond acceptors (Lipinski definition) is 32. The van der Waals surface area contributed by atoms with E-state index in [1.54, 1.807) is 0 Å². The van der Waals surface area contributed by atoms with Crippen LogP contribution in [-0.4, -0.2) is 334 Å². The van der Waals surface area contributed by atoms with Gasteiger partial charge in [-0.2, -0.15) is 0 Å². The maximum Gasteiger partial charge on any atom is 0.187 e. The second-order valence-electron chi connectivity index (χ2n) is 17.7. The molecule has 6 saturated heterocycles. The third-order valence-electron chi connectivity index (χ3n) is 13.0. The quantitative estimate of drug-likeness (QED) is 0.0504. The van der Waals surface area contributed by atoms with Gasteiger partial charge in [0.1, 0.15) is 146 Å². The molecule has 0 radical (unpaired) electrons. The van der Waals surface area contributed by atoms with Crippen LogP contribution in [0.4, 0.5) is 0 Å². The molecule has 416 valence electrons. The number of aliphatic hydroxyl groups excluding tert-OH is 19. The monoisotopic (exact) mass is 1050 g/mol. The third-order valence-corrected chi connectivity index (χ3v) is 13.0. The van der Waals surface area contributed by atoms with Gasteiger partial charge in [0.15, 0.2) is 37.7 Å². The van der Waals surface area contributed by atoms with Crippen molar-refractivity contribution in [3.63, 3.8) is 0 Å². The summed E-state index contributed by atoms with van der Waals surface area (Å²) >= 11 is 0. The van der Waals surface area contributed by atoms with Crippen LogP contribution in [0, 0.1) is 0 Å². The molecular formula is C39H69NO31. The van der Waals surface area contributed by atoms with E-state index >= 15 is 0 Å². The summed E-state index contributed by atoms with van der Waals surface area (Å²) in [4.78, 5) is 0. The molecule has 21 N–H and O–H groups in total. The molecule has 0 amide bonds. The van der Waals surface area contributed by atoms with E-state index in [0.717, 1.165) is 0 Å². The van der Waals surface area contributed by atoms with Crippen LogP contribution in [0.1, 0.15) is 6.42 Å². The number of ether oxygens (including phenoxy) is 12. The molecule has 6 rings (SSSR count). The van der Waals surface area contributed by atoms with Crippen LogP contribution in [0.5, 0.6) is 0 Å². The Bertz CT molecular complexity index is 1570. The van der Waals surface area contributed by atoms with E-state index in [1.165, 1.54) is 0 Å². The van der Waals surface area contributed by atoms with Crippen molar-refractivity contribution >= 4 is 0 Å². The number of rotatable bonds is 20. The molecule has 0 saturated carbocycles. The topological polar surface area (TPSA) is 521 Å². The smallest absolute Gasteiger partial charge is 0.187 e. The van der Waals surface area contributed by atoms with E-state index in [-0.39, 0.29) is 13.2 Å². The molecule has 0 spiro atoms. The Morgan fingerprint density at radius 2 is 0.507 bits per heavy atom. The fraction of sp³-hybridized carbons (Fsp3) is 1.00. The van der Waals surface area contributed by atoms with Gasteiger partial charge in [0.25, 0.3) is 0 Å². The first-order chi connectivity index (χ1) is 33.8. The Labute approximate surface area is 402 Å². The van der Waals surface area contributed by atoms with Crippen LogP contribution in [0.25, 0.3) is 0 Å². The van der Waals surface area contributed by atoms with E-state index in [4.69, 9.17) is 62.6 Å². The van der Waals surface area contributed by atoms with E-state index in [0.29, 0.717) is 6.42 Å². The molecule has 30 atom stereocenters. The minimum atomic E-state index is -2.17. The van der Waals surface area contributed by atoms with Gasteiger partial charge in [-0.15, -0.1) is 0 Å². The van der Waals surface area contributed by atoms with E-state index in [2.05, 4.69) is 0 Å². The van der Waals surface area contributed by atoms with Gasteiger partial charge in [0.05, 0.1) is 46.2 Å². The molecule has 12 unspecified atom stereocenters. The summed E-state index contributed by atoms with van der Waals surface area (Å²) in [5.41, 5.74) is 5.45. The summed E-state index contributed by atoms with van der Waals surface area (Å²) in [6, 6.07) is 0. The van der Waals surface area contributed by atoms with Gasteiger partial charge < -0.3 is 160 Å². The van der Waals surface area contributed by atoms with Gasteiger partial charge in [-0.25, -0.2) is 0 Å². The minimum absolute atomic E-state index is 0.0360. The average Bonchev–Trinajstić information content (AvgIpc) is 3.36. The van der Waals surface area contributed by atoms with Crippen molar-refractivity contribution in [3.05, 3.63) is 0 Å². The lowest BCUT2D eigenvalue weighted by Gasteiger charge is -2.50. The number of hydrogen-bond donors (Lipinski definition) is 20. The average molecular weight is 1050 g/mol. The molecule has 6 aliphatic heterocycles. The second-order valence-corrected chi connectivity index (χ2v) is 17.7. The number of aliphatic hydroxyl groups is 19. The fourth-order valence-electron chi connectivity index (χ4n) is 8.93. The second kappa shape index (κ2) is 26.2. The van der Waals surface area contributed by atoms with Crippen molar-refractivity contribution in [3.8, 4) is 0 Å². The summed E-state index contributed by atoms with van der Waals surface area (Å²) in [6.07, 6.45) is -55.0. The molecule has 0 aromatic carbocycles. The molecule has 6 aliphatic rings. The highest BCUT2D eigenvalue weighted by Crippen LogP contribution is 2.37. The first-order valence-electron chi connectivity index (χ1n) is 22.8. The third kappa shape index (κ3) is 12.6. The molecule has 0 aliphatic carbocycles. The zero-order chi connectivity index (χ0) is 52.2. The van der Waals surface area contributed by atoms with Crippen molar-refractivity contribution in [1.29, 1.82) is 0 Å². The zero-order valence-electron chi connectivity index (χ0n) is 37.7. The van der Waals surface area contributed by atoms with Crippen LogP contribution >= 0.6 is 0 Å². The molecular weight excluding hydrogens is 978 g/mol. The molecule has 0 bridgehead atoms. The van der Waals surface area contributed by atoms with Gasteiger partial charge in [0.2, 0.25) is 0 Å². The highest BCUT2D eigenvalue weighted by atomic mass is 16.8. The maximum atomic E-state index is 11.3. The van der Waals surface area contributed by atoms with Crippen LogP contribution in [0.2, 0.25) is 0 Å². The van der Waals surface area contributed by atoms with Crippen molar-refractivity contribution in [2.24, 2.45) is 5.73 Å². The van der Waals surface area contributed by atoms with Crippen LogP contribution in [-0.2, 0) is 56.8 Å². The van der Waals surface area contributed by atoms with E-state index in [1.807, 2.05) is 0 Å². The van der Waals surface area contributed by atoms with Crippen LogP contribution in [0.3, 0.4) is 0 Å². The summed E-state index contributed by atoms with van der Waals surface area (Å²) in [5.74, 6) is 0. The lowest BCUT2D eigenvalue weighted by atomic mass is 9.95. The Balaban J connectivity index is 1.06. The van der Waals surface area contributed by atoms with Gasteiger partial charge in [0, 0.05) is 0 Å². The van der Waals surface area contributed by atoms with Gasteiger partial charge in [-0.05, 0) is 13.0 Å². The largest absolute Gasteiger partial charge is 0.394 e.